The first-order chi connectivity index (χ1) is 7.93. The molecule has 0 bridgehead atoms. The van der Waals surface area contributed by atoms with Gasteiger partial charge in [0.15, 0.2) is 12.5 Å². The maximum Gasteiger partial charge on any atom is 4.00 e. The number of rotatable bonds is 0. The molecule has 0 aromatic rings. The largest absolute Gasteiger partial charge is 4.00 e. The van der Waals surface area contributed by atoms with Gasteiger partial charge in [0.2, 0.25) is 0 Å². The van der Waals surface area contributed by atoms with Crippen LogP contribution in [0.5, 0.6) is 0 Å². The second-order valence-corrected chi connectivity index (χ2v) is 2.89. The second kappa shape index (κ2) is 36.0. The molecule has 0 spiro atoms. The van der Waals surface area contributed by atoms with E-state index in [1.807, 2.05) is 0 Å². The van der Waals surface area contributed by atoms with E-state index in [0.29, 0.717) is 0 Å². The predicted molar refractivity (Wildman–Crippen MR) is 75.9 cm³/mol. The molecule has 8 N–H and O–H groups in total. The fraction of sp³-hybridized carbons (Fsp3) is 0. The molecule has 0 saturated carbocycles. The third kappa shape index (κ3) is 14800. The van der Waals surface area contributed by atoms with Crippen molar-refractivity contribution in [3.8, 4) is 0 Å². The van der Waals surface area contributed by atoms with E-state index in [9.17, 15) is 0 Å². The van der Waals surface area contributed by atoms with E-state index in [4.69, 9.17) is 23.4 Å². The average molecular weight is 448 g/mol. The number of hydrogen-bond acceptors (Lipinski definition) is 10. The van der Waals surface area contributed by atoms with Crippen molar-refractivity contribution in [3.63, 3.8) is 0 Å². The van der Waals surface area contributed by atoms with E-state index >= 15 is 0 Å². The topological polar surface area (TPSA) is 189 Å². The molecule has 0 aliphatic heterocycles. The van der Waals surface area contributed by atoms with E-state index < -0.39 is 21.0 Å². The number of carbonyl (C=O) groups is 4. The number of primary amides is 4. The van der Waals surface area contributed by atoms with Gasteiger partial charge < -0.3 is 92.6 Å². The SMILES string of the molecule is NC(=O)[S-].NC(=O)[S-].NC(=O)[S-].NC(=O)[S-].O=S.[Mo+4]. The Morgan fingerprint density at radius 2 is 0.579 bits per heavy atom. The quantitative estimate of drug-likeness (QED) is 0.241. The molecule has 0 heterocycles. The Bertz CT molecular complexity index is 194. The van der Waals surface area contributed by atoms with Crippen LogP contribution in [0.3, 0.4) is 0 Å². The Morgan fingerprint density at radius 3 is 0.579 bits per heavy atom. The molecular formula is C4H8MoN4O5S5. The van der Waals surface area contributed by atoms with Crippen LogP contribution in [0.1, 0.15) is 0 Å². The summed E-state index contributed by atoms with van der Waals surface area (Å²) in [6.45, 7) is 0. The van der Waals surface area contributed by atoms with Gasteiger partial charge in [-0.15, -0.1) is 0 Å². The van der Waals surface area contributed by atoms with Crippen LogP contribution in [0.15, 0.2) is 0 Å². The van der Waals surface area contributed by atoms with E-state index in [1.54, 1.807) is 0 Å². The summed E-state index contributed by atoms with van der Waals surface area (Å²) in [4.78, 5) is 36.1. The van der Waals surface area contributed by atoms with Gasteiger partial charge in [-0.05, 0) is 0 Å². The number of amides is 4. The minimum absolute atomic E-state index is 0. The van der Waals surface area contributed by atoms with Gasteiger partial charge in [-0.25, -0.2) is 0 Å². The Balaban J connectivity index is -0.0000000279. The van der Waals surface area contributed by atoms with E-state index in [-0.39, 0.29) is 21.1 Å². The summed E-state index contributed by atoms with van der Waals surface area (Å²) < 4.78 is 7.83. The molecule has 0 rings (SSSR count). The molecule has 4 amide bonds. The van der Waals surface area contributed by atoms with Gasteiger partial charge in [-0.3, -0.25) is 0 Å². The van der Waals surface area contributed by atoms with Gasteiger partial charge in [0.1, 0.15) is 0 Å². The van der Waals surface area contributed by atoms with Crippen LogP contribution in [-0.2, 0) is 84.1 Å². The van der Waals surface area contributed by atoms with E-state index in [0.717, 1.165) is 0 Å². The van der Waals surface area contributed by atoms with Crippen LogP contribution in [-0.4, -0.2) is 25.2 Å². The minimum atomic E-state index is -0.750. The molecule has 0 aliphatic rings. The standard InChI is InChI=1S/4CH3NOS.Mo.OS/c4*2-1(3)4;;1-2/h4*(H3,2,3,4);;/q;;;;+4;/p-4. The first kappa shape index (κ1) is 36.3. The van der Waals surface area contributed by atoms with Gasteiger partial charge in [0, 0.05) is 0 Å². The molecule has 0 radical (unpaired) electrons. The minimum Gasteiger partial charge on any atom is -0.719 e. The van der Waals surface area contributed by atoms with Crippen molar-refractivity contribution in [3.05, 3.63) is 0 Å². The molecule has 110 valence electrons. The van der Waals surface area contributed by atoms with Crippen molar-refractivity contribution in [2.75, 3.05) is 0 Å². The summed E-state index contributed by atoms with van der Waals surface area (Å²) in [5.41, 5.74) is 17.1. The van der Waals surface area contributed by atoms with Crippen molar-refractivity contribution in [1.82, 2.24) is 0 Å². The van der Waals surface area contributed by atoms with E-state index in [2.05, 4.69) is 86.0 Å². The third-order valence-electron chi connectivity index (χ3n) is 0. The van der Waals surface area contributed by atoms with Crippen LogP contribution in [0, 0.1) is 0 Å². The summed E-state index contributed by atoms with van der Waals surface area (Å²) >= 11 is 17.9. The van der Waals surface area contributed by atoms with Gasteiger partial charge in [0.25, 0.3) is 0 Å². The van der Waals surface area contributed by atoms with Crippen LogP contribution in [0.4, 0.5) is 19.2 Å². The first-order valence-electron chi connectivity index (χ1n) is 2.95. The Kier molecular flexibility index (Phi) is 68.7. The monoisotopic (exact) mass is 450 g/mol. The molecule has 0 aromatic carbocycles. The van der Waals surface area contributed by atoms with Crippen LogP contribution >= 0.6 is 0 Å². The zero-order chi connectivity index (χ0) is 16.3. The van der Waals surface area contributed by atoms with Gasteiger partial charge in [0.05, 0.1) is 21.0 Å². The van der Waals surface area contributed by atoms with Crippen LogP contribution in [0.2, 0.25) is 0 Å². The fourth-order valence-corrected chi connectivity index (χ4v) is 0. The maximum atomic E-state index is 9.04. The Hall–Kier alpha value is -0.532. The molecule has 0 saturated heterocycles. The van der Waals surface area contributed by atoms with Crippen molar-refractivity contribution in [1.29, 1.82) is 0 Å². The number of carbonyl (C=O) groups excluding carboxylic acids is 4. The summed E-state index contributed by atoms with van der Waals surface area (Å²) in [5, 5.41) is -3.00. The van der Waals surface area contributed by atoms with Crippen LogP contribution < -0.4 is 22.9 Å². The maximum absolute atomic E-state index is 9.04. The normalized spacial score (nSPS) is 5.26. The zero-order valence-corrected chi connectivity index (χ0v) is 14.9. The fourth-order valence-electron chi connectivity index (χ4n) is 0. The Morgan fingerprint density at radius 1 is 0.579 bits per heavy atom. The van der Waals surface area contributed by atoms with E-state index in [1.165, 1.54) is 0 Å². The van der Waals surface area contributed by atoms with Crippen molar-refractivity contribution < 1.29 is 44.5 Å². The van der Waals surface area contributed by atoms with Gasteiger partial charge in [-0.1, -0.05) is 0 Å². The molecule has 0 aromatic heterocycles. The molecule has 9 nitrogen and oxygen atoms in total. The van der Waals surface area contributed by atoms with Crippen molar-refractivity contribution in [2.24, 2.45) is 22.9 Å². The molecule has 0 fully saturated rings. The second-order valence-electron chi connectivity index (χ2n) is 1.28. The molecule has 0 atom stereocenters. The smallest absolute Gasteiger partial charge is 0.719 e. The van der Waals surface area contributed by atoms with Crippen LogP contribution in [0.25, 0.3) is 0 Å². The molecule has 19 heavy (non-hydrogen) atoms. The Labute approximate surface area is 150 Å². The van der Waals surface area contributed by atoms with Gasteiger partial charge in [-0.2, -0.15) is 4.21 Å². The summed E-state index contributed by atoms with van der Waals surface area (Å²) in [6, 6.07) is 0. The summed E-state index contributed by atoms with van der Waals surface area (Å²) in [7, 11) is 0. The average Bonchev–Trinajstić information content (AvgIpc) is 2.01. The number of hydrogen-bond donors (Lipinski definition) is 4. The zero-order valence-electron chi connectivity index (χ0n) is 8.80. The summed E-state index contributed by atoms with van der Waals surface area (Å²) in [6.07, 6.45) is 0. The third-order valence-corrected chi connectivity index (χ3v) is 0. The summed E-state index contributed by atoms with van der Waals surface area (Å²) in [5.74, 6) is 0. The van der Waals surface area contributed by atoms with Crippen molar-refractivity contribution >= 4 is 84.0 Å². The first-order valence-corrected chi connectivity index (χ1v) is 4.92. The number of nitrogens with two attached hydrogens (primary N) is 4. The van der Waals surface area contributed by atoms with Crippen molar-refractivity contribution in [2.45, 2.75) is 0 Å². The predicted octanol–water partition coefficient (Wildman–Crippen LogP) is -1.89. The molecule has 0 aliphatic carbocycles. The van der Waals surface area contributed by atoms with Gasteiger partial charge >= 0.3 is 21.1 Å². The molecule has 0 unspecified atom stereocenters. The molecular weight excluding hydrogens is 440 g/mol. The molecule has 15 heteroatoms.